The third kappa shape index (κ3) is 26.1. The fourth-order valence-corrected chi connectivity index (χ4v) is 4.15. The van der Waals surface area contributed by atoms with Crippen molar-refractivity contribution in [3.63, 3.8) is 0 Å². The smallest absolute Gasteiger partial charge is 0.481 e. The topological polar surface area (TPSA) is 454 Å². The van der Waals surface area contributed by atoms with Gasteiger partial charge in [0.25, 0.3) is 0 Å². The molecule has 0 aliphatic rings. The van der Waals surface area contributed by atoms with E-state index in [0.717, 1.165) is 7.05 Å². The van der Waals surface area contributed by atoms with E-state index in [1.54, 1.807) is 0 Å². The zero-order valence-electron chi connectivity index (χ0n) is 28.5. The first-order chi connectivity index (χ1) is 25.4. The number of carboxylic acid groups (broad SMARTS) is 4. The Hall–Kier alpha value is -4.80. The lowest BCUT2D eigenvalue weighted by Gasteiger charge is -2.26. The van der Waals surface area contributed by atoms with Gasteiger partial charge >= 0.3 is 45.7 Å². The lowest BCUT2D eigenvalue weighted by Crippen LogP contribution is -2.60. The van der Waals surface area contributed by atoms with Gasteiger partial charge in [0.2, 0.25) is 29.5 Å². The number of likely N-dealkylation sites (N-methyl/N-ethyl adjacent to an activating group) is 1. The highest BCUT2D eigenvalue weighted by Crippen LogP contribution is 2.36. The summed E-state index contributed by atoms with van der Waals surface area (Å²) >= 11 is 0. The number of hydrogen-bond acceptors (Lipinski definition) is 14. The minimum Gasteiger partial charge on any atom is -0.481 e. The van der Waals surface area contributed by atoms with Crippen molar-refractivity contribution in [1.29, 1.82) is 0 Å². The molecule has 0 aliphatic carbocycles. The van der Waals surface area contributed by atoms with Gasteiger partial charge < -0.3 is 72.3 Å². The third-order valence-corrected chi connectivity index (χ3v) is 7.11. The number of hydrogen-bond donors (Lipinski definition) is 14. The third-order valence-electron chi connectivity index (χ3n) is 6.14. The van der Waals surface area contributed by atoms with Crippen molar-refractivity contribution in [2.45, 2.75) is 74.9 Å². The van der Waals surface area contributed by atoms with Gasteiger partial charge in [0.1, 0.15) is 24.2 Å². The molecule has 0 fully saturated rings. The zero-order chi connectivity index (χ0) is 44.2. The first-order valence-corrected chi connectivity index (χ1v) is 18.0. The molecule has 322 valence electrons. The Kier molecular flexibility index (Phi) is 23.5. The molecule has 0 rings (SSSR count). The van der Waals surface area contributed by atoms with E-state index in [2.05, 4.69) is 19.7 Å². The van der Waals surface area contributed by atoms with Gasteiger partial charge in [-0.2, -0.15) is 13.2 Å². The van der Waals surface area contributed by atoms with Crippen LogP contribution in [0.2, 0.25) is 0 Å². The Labute approximate surface area is 311 Å². The summed E-state index contributed by atoms with van der Waals surface area (Å²) in [5, 5.41) is 44.0. The molecule has 0 saturated heterocycles. The molecule has 0 aromatic rings. The van der Waals surface area contributed by atoms with Gasteiger partial charge in [-0.3, -0.25) is 47.4 Å². The maximum atomic E-state index is 13.2. The Morgan fingerprint density at radius 2 is 0.857 bits per heavy atom. The molecule has 5 atom stereocenters. The number of phosphoric ester groups is 2. The zero-order valence-corrected chi connectivity index (χ0v) is 30.3. The van der Waals surface area contributed by atoms with Crippen LogP contribution in [0.4, 0.5) is 13.2 Å². The first kappa shape index (κ1) is 53.3. The summed E-state index contributed by atoms with van der Waals surface area (Å²) in [6.07, 6.45) is -8.68. The number of carbonyl (C=O) groups excluding carboxylic acids is 5. The van der Waals surface area contributed by atoms with E-state index in [0.29, 0.717) is 0 Å². The van der Waals surface area contributed by atoms with Gasteiger partial charge in [0.15, 0.2) is 0 Å². The first-order valence-electron chi connectivity index (χ1n) is 14.9. The van der Waals surface area contributed by atoms with Crippen LogP contribution in [0.25, 0.3) is 0 Å². The Morgan fingerprint density at radius 3 is 1.16 bits per heavy atom. The van der Waals surface area contributed by atoms with Crippen LogP contribution < -0.4 is 32.3 Å². The number of halogens is 3. The monoisotopic (exact) mass is 866 g/mol. The molecule has 0 saturated carbocycles. The average Bonchev–Trinajstić information content (AvgIpc) is 3.05. The van der Waals surface area contributed by atoms with E-state index >= 15 is 0 Å². The molecule has 0 heterocycles. The molecule has 5 amide bonds. The predicted molar refractivity (Wildman–Crippen MR) is 170 cm³/mol. The molecule has 0 spiro atoms. The number of carboxylic acids is 4. The lowest BCUT2D eigenvalue weighted by molar-refractivity contribution is -0.192. The number of amides is 5. The second kappa shape index (κ2) is 24.7. The Bertz CT molecular complexity index is 1520. The van der Waals surface area contributed by atoms with Crippen molar-refractivity contribution in [3.8, 4) is 0 Å². The highest BCUT2D eigenvalue weighted by molar-refractivity contribution is 7.46. The van der Waals surface area contributed by atoms with Crippen molar-refractivity contribution < 1.29 is 114 Å². The number of nitrogens with one attached hydrogen (secondary N) is 5. The van der Waals surface area contributed by atoms with Gasteiger partial charge in [-0.15, -0.1) is 0 Å². The number of aliphatic carboxylic acids is 4. The summed E-state index contributed by atoms with van der Waals surface area (Å²) in [6, 6.07) is -9.25. The molecule has 56 heavy (non-hydrogen) atoms. The normalized spacial score (nSPS) is 14.2. The summed E-state index contributed by atoms with van der Waals surface area (Å²) in [6.45, 7) is -2.67. The van der Waals surface area contributed by atoms with Crippen LogP contribution in [0.3, 0.4) is 0 Å². The van der Waals surface area contributed by atoms with Crippen molar-refractivity contribution in [1.82, 2.24) is 26.6 Å². The van der Waals surface area contributed by atoms with Crippen LogP contribution in [0.15, 0.2) is 0 Å². The molecule has 0 radical (unpaired) electrons. The molecule has 0 bridgehead atoms. The molecular formula is C24H39F3N6O21P2. The molecule has 0 aromatic heterocycles. The lowest BCUT2D eigenvalue weighted by atomic mass is 10.1. The van der Waals surface area contributed by atoms with Gasteiger partial charge in [-0.05, 0) is 19.3 Å². The minimum atomic E-state index is -5.38. The highest BCUT2D eigenvalue weighted by Gasteiger charge is 2.38. The van der Waals surface area contributed by atoms with Gasteiger partial charge in [0, 0.05) is 26.3 Å². The predicted octanol–water partition coefficient (Wildman–Crippen LogP) is -4.55. The number of carbonyl (C=O) groups is 9. The largest absolute Gasteiger partial charge is 0.490 e. The van der Waals surface area contributed by atoms with E-state index in [-0.39, 0.29) is 0 Å². The fraction of sp³-hybridized carbons (Fsp3) is 0.625. The number of phosphoric acid groups is 2. The summed E-state index contributed by atoms with van der Waals surface area (Å²) in [5.41, 5.74) is 5.56. The molecule has 0 aromatic carbocycles. The van der Waals surface area contributed by atoms with Gasteiger partial charge in [-0.25, -0.2) is 13.9 Å². The van der Waals surface area contributed by atoms with Crippen LogP contribution in [0, 0.1) is 0 Å². The second-order valence-corrected chi connectivity index (χ2v) is 13.1. The van der Waals surface area contributed by atoms with Gasteiger partial charge in [-0.1, -0.05) is 0 Å². The molecular weight excluding hydrogens is 827 g/mol. The summed E-state index contributed by atoms with van der Waals surface area (Å²) in [7, 11) is -9.55. The number of nitrogens with two attached hydrogens (primary N) is 1. The Morgan fingerprint density at radius 1 is 0.571 bits per heavy atom. The minimum absolute atomic E-state index is 0.446. The van der Waals surface area contributed by atoms with E-state index in [9.17, 15) is 60.7 Å². The van der Waals surface area contributed by atoms with Gasteiger partial charge in [0.05, 0.1) is 19.3 Å². The van der Waals surface area contributed by atoms with Crippen molar-refractivity contribution in [2.75, 3.05) is 20.3 Å². The van der Waals surface area contributed by atoms with Crippen molar-refractivity contribution >= 4 is 69.1 Å². The summed E-state index contributed by atoms with van der Waals surface area (Å²) < 4.78 is 62.8. The molecule has 0 unspecified atom stereocenters. The van der Waals surface area contributed by atoms with E-state index in [1.807, 2.05) is 16.0 Å². The molecule has 27 nitrogen and oxygen atoms in total. The van der Waals surface area contributed by atoms with E-state index < -0.39 is 157 Å². The van der Waals surface area contributed by atoms with Crippen LogP contribution in [0.1, 0.15) is 38.5 Å². The standard InChI is InChI=1S/C22H38N6O19P2.C2HF3O2/c1-24-19(36)11(3-6-16(31)32)25-20(37)12(4-7-17(33)34)26-21(38)14(9-47-49(43,44)45)28-22(39)13(8-46-48(40,41)42)27-18(35)10(23)2-5-15(29)30;3-2(4,5)1(6)7/h10-14H,2-9,23H2,1H3,(H,24,36)(H,25,37)(H,26,38)(H,27,35)(H,28,39)(H,29,30)(H,31,32)(H,33,34)(H2,40,41,42)(H2,43,44,45);(H,6,7)/t10-,11-,12-,13-,14-;/m0./s1. The fourth-order valence-electron chi connectivity index (χ4n) is 3.46. The van der Waals surface area contributed by atoms with Crippen LogP contribution in [0.5, 0.6) is 0 Å². The van der Waals surface area contributed by atoms with Crippen LogP contribution in [-0.4, -0.2) is 150 Å². The number of rotatable bonds is 24. The molecule has 0 aliphatic heterocycles. The average molecular weight is 867 g/mol. The summed E-state index contributed by atoms with van der Waals surface area (Å²) in [5.74, 6) is -13.3. The number of alkyl halides is 3. The second-order valence-electron chi connectivity index (χ2n) is 10.6. The Balaban J connectivity index is 0. The maximum Gasteiger partial charge on any atom is 0.490 e. The summed E-state index contributed by atoms with van der Waals surface area (Å²) in [4.78, 5) is 142. The van der Waals surface area contributed by atoms with Crippen LogP contribution >= 0.6 is 15.6 Å². The molecule has 15 N–H and O–H groups in total. The highest BCUT2D eigenvalue weighted by atomic mass is 31.2. The van der Waals surface area contributed by atoms with E-state index in [1.165, 1.54) is 0 Å². The SMILES string of the molecule is CNC(=O)[C@H](CCC(=O)O)NC(=O)[C@H](CCC(=O)O)NC(=O)[C@H](COP(=O)(O)O)NC(=O)[C@H](COP(=O)(O)O)NC(=O)[C@@H](N)CCC(=O)O.O=C(O)C(F)(F)F. The van der Waals surface area contributed by atoms with Crippen molar-refractivity contribution in [3.05, 3.63) is 0 Å². The quantitative estimate of drug-likeness (QED) is 0.0406. The van der Waals surface area contributed by atoms with Crippen LogP contribution in [-0.2, 0) is 61.3 Å². The van der Waals surface area contributed by atoms with E-state index in [4.69, 9.17) is 50.5 Å². The molecule has 32 heteroatoms. The maximum absolute atomic E-state index is 13.2. The van der Waals surface area contributed by atoms with Crippen molar-refractivity contribution in [2.24, 2.45) is 5.73 Å².